The Balaban J connectivity index is 1.46. The molecule has 2 N–H and O–H groups in total. The Morgan fingerprint density at radius 2 is 1.60 bits per heavy atom. The molecule has 0 spiro atoms. The highest BCUT2D eigenvalue weighted by Gasteiger charge is 2.26. The zero-order valence-corrected chi connectivity index (χ0v) is 19.9. The average Bonchev–Trinajstić information content (AvgIpc) is 3.33. The maximum atomic E-state index is 13.1. The SMILES string of the molecule is CON=C1CCCN1c1ccc(NC(=O)C(OC(=O)Nc2ccc(Cl)cc2)c2ccccc2)cc1. The van der Waals surface area contributed by atoms with Crippen LogP contribution in [0.1, 0.15) is 24.5 Å². The van der Waals surface area contributed by atoms with Gasteiger partial charge in [-0.15, -0.1) is 0 Å². The van der Waals surface area contributed by atoms with Gasteiger partial charge in [-0.3, -0.25) is 10.1 Å². The van der Waals surface area contributed by atoms with Crippen LogP contribution < -0.4 is 15.5 Å². The fraction of sp³-hybridized carbons (Fsp3) is 0.192. The summed E-state index contributed by atoms with van der Waals surface area (Å²) in [6.07, 6.45) is -0.0668. The molecule has 4 rings (SSSR count). The van der Waals surface area contributed by atoms with Crippen molar-refractivity contribution in [2.75, 3.05) is 29.2 Å². The maximum absolute atomic E-state index is 13.1. The Morgan fingerprint density at radius 3 is 2.29 bits per heavy atom. The van der Waals surface area contributed by atoms with E-state index in [9.17, 15) is 9.59 Å². The molecular weight excluding hydrogens is 468 g/mol. The molecule has 1 aliphatic heterocycles. The highest BCUT2D eigenvalue weighted by atomic mass is 35.5. The van der Waals surface area contributed by atoms with Gasteiger partial charge in [0.1, 0.15) is 12.9 Å². The lowest BCUT2D eigenvalue weighted by Crippen LogP contribution is -2.28. The number of nitrogens with one attached hydrogen (secondary N) is 2. The first-order valence-corrected chi connectivity index (χ1v) is 11.5. The van der Waals surface area contributed by atoms with Crippen LogP contribution in [0.3, 0.4) is 0 Å². The molecule has 3 aromatic carbocycles. The first-order chi connectivity index (χ1) is 17.0. The van der Waals surface area contributed by atoms with Gasteiger partial charge in [-0.05, 0) is 55.0 Å². The van der Waals surface area contributed by atoms with Crippen molar-refractivity contribution in [2.45, 2.75) is 18.9 Å². The summed E-state index contributed by atoms with van der Waals surface area (Å²) in [4.78, 5) is 32.7. The van der Waals surface area contributed by atoms with E-state index >= 15 is 0 Å². The molecule has 0 radical (unpaired) electrons. The first kappa shape index (κ1) is 24.1. The number of amides is 2. The molecule has 1 aliphatic rings. The fourth-order valence-electron chi connectivity index (χ4n) is 3.76. The summed E-state index contributed by atoms with van der Waals surface area (Å²) in [5, 5.41) is 10.1. The molecule has 1 saturated heterocycles. The quantitative estimate of drug-likeness (QED) is 0.405. The van der Waals surface area contributed by atoms with E-state index in [1.54, 1.807) is 60.7 Å². The van der Waals surface area contributed by atoms with Crippen molar-refractivity contribution >= 4 is 46.5 Å². The normalized spacial score (nSPS) is 14.9. The van der Waals surface area contributed by atoms with E-state index in [1.807, 2.05) is 18.2 Å². The highest BCUT2D eigenvalue weighted by molar-refractivity contribution is 6.30. The van der Waals surface area contributed by atoms with Gasteiger partial charge in [0.25, 0.3) is 5.91 Å². The summed E-state index contributed by atoms with van der Waals surface area (Å²) in [7, 11) is 1.53. The predicted octanol–water partition coefficient (Wildman–Crippen LogP) is 5.83. The van der Waals surface area contributed by atoms with Gasteiger partial charge in [-0.25, -0.2) is 4.79 Å². The standard InChI is InChI=1S/C26H25ClN4O4/c1-34-30-23-8-5-17-31(23)22-15-13-20(14-16-22)28-25(32)24(18-6-3-2-4-7-18)35-26(33)29-21-11-9-19(27)10-12-21/h2-4,6-7,9-16,24H,5,8,17H2,1H3,(H,28,32)(H,29,33). The van der Waals surface area contributed by atoms with Gasteiger partial charge >= 0.3 is 6.09 Å². The Bertz CT molecular complexity index is 1180. The molecular formula is C26H25ClN4O4. The van der Waals surface area contributed by atoms with E-state index < -0.39 is 18.1 Å². The number of oxime groups is 1. The molecule has 0 aromatic heterocycles. The topological polar surface area (TPSA) is 92.3 Å². The van der Waals surface area contributed by atoms with Crippen LogP contribution in [0.25, 0.3) is 0 Å². The van der Waals surface area contributed by atoms with E-state index in [1.165, 1.54) is 7.11 Å². The molecule has 0 bridgehead atoms. The van der Waals surface area contributed by atoms with Crippen LogP contribution >= 0.6 is 11.6 Å². The monoisotopic (exact) mass is 492 g/mol. The molecule has 1 unspecified atom stereocenters. The van der Waals surface area contributed by atoms with Crippen LogP contribution in [0.4, 0.5) is 21.9 Å². The highest BCUT2D eigenvalue weighted by Crippen LogP contribution is 2.26. The van der Waals surface area contributed by atoms with Gasteiger partial charge in [0, 0.05) is 40.6 Å². The third-order valence-corrected chi connectivity index (χ3v) is 5.64. The number of hydrogen-bond acceptors (Lipinski definition) is 5. The van der Waals surface area contributed by atoms with E-state index in [-0.39, 0.29) is 0 Å². The van der Waals surface area contributed by atoms with Crippen molar-refractivity contribution in [3.8, 4) is 0 Å². The van der Waals surface area contributed by atoms with Crippen LogP contribution in [-0.2, 0) is 14.4 Å². The molecule has 2 amide bonds. The van der Waals surface area contributed by atoms with Crippen LogP contribution in [-0.4, -0.2) is 31.5 Å². The number of anilines is 3. The maximum Gasteiger partial charge on any atom is 0.412 e. The van der Waals surface area contributed by atoms with Crippen molar-refractivity contribution in [3.63, 3.8) is 0 Å². The Morgan fingerprint density at radius 1 is 0.943 bits per heavy atom. The molecule has 0 saturated carbocycles. The zero-order chi connectivity index (χ0) is 24.6. The van der Waals surface area contributed by atoms with Crippen LogP contribution in [0.5, 0.6) is 0 Å². The second-order valence-corrected chi connectivity index (χ2v) is 8.25. The number of carbonyl (C=O) groups is 2. The third-order valence-electron chi connectivity index (χ3n) is 5.39. The molecule has 1 heterocycles. The summed E-state index contributed by atoms with van der Waals surface area (Å²) in [6.45, 7) is 0.848. The average molecular weight is 493 g/mol. The summed E-state index contributed by atoms with van der Waals surface area (Å²) in [5.41, 5.74) is 2.58. The lowest BCUT2D eigenvalue weighted by Gasteiger charge is -2.20. The van der Waals surface area contributed by atoms with Crippen molar-refractivity contribution in [1.82, 2.24) is 0 Å². The van der Waals surface area contributed by atoms with Crippen LogP contribution in [0.2, 0.25) is 5.02 Å². The van der Waals surface area contributed by atoms with Gasteiger partial charge in [0.05, 0.1) is 0 Å². The molecule has 3 aromatic rings. The number of hydrogen-bond donors (Lipinski definition) is 2. The minimum Gasteiger partial charge on any atom is -0.431 e. The van der Waals surface area contributed by atoms with Crippen molar-refractivity contribution in [3.05, 3.63) is 89.4 Å². The summed E-state index contributed by atoms with van der Waals surface area (Å²) in [6, 6.07) is 22.8. The van der Waals surface area contributed by atoms with Gasteiger partial charge in [-0.2, -0.15) is 0 Å². The second-order valence-electron chi connectivity index (χ2n) is 7.81. The van der Waals surface area contributed by atoms with E-state index in [0.29, 0.717) is 22.0 Å². The molecule has 1 fully saturated rings. The number of nitrogens with zero attached hydrogens (tertiary/aromatic N) is 2. The number of carbonyl (C=O) groups excluding carboxylic acids is 2. The first-order valence-electron chi connectivity index (χ1n) is 11.1. The smallest absolute Gasteiger partial charge is 0.412 e. The Labute approximate surface area is 208 Å². The van der Waals surface area contributed by atoms with Crippen molar-refractivity contribution < 1.29 is 19.2 Å². The zero-order valence-electron chi connectivity index (χ0n) is 19.1. The molecule has 8 nitrogen and oxygen atoms in total. The third kappa shape index (κ3) is 6.30. The molecule has 1 atom stereocenters. The van der Waals surface area contributed by atoms with Gasteiger partial charge in [-0.1, -0.05) is 47.1 Å². The van der Waals surface area contributed by atoms with Gasteiger partial charge < -0.3 is 19.8 Å². The Hall–Kier alpha value is -4.04. The Kier molecular flexibility index (Phi) is 7.84. The number of amidine groups is 1. The van der Waals surface area contributed by atoms with E-state index in [2.05, 4.69) is 20.7 Å². The van der Waals surface area contributed by atoms with Crippen molar-refractivity contribution in [1.29, 1.82) is 0 Å². The molecule has 9 heteroatoms. The molecule has 35 heavy (non-hydrogen) atoms. The summed E-state index contributed by atoms with van der Waals surface area (Å²) >= 11 is 5.89. The predicted molar refractivity (Wildman–Crippen MR) is 137 cm³/mol. The number of benzene rings is 3. The minimum absolute atomic E-state index is 0.474. The minimum atomic E-state index is -1.15. The van der Waals surface area contributed by atoms with Crippen LogP contribution in [0, 0.1) is 0 Å². The summed E-state index contributed by atoms with van der Waals surface area (Å²) < 4.78 is 5.52. The lowest BCUT2D eigenvalue weighted by molar-refractivity contribution is -0.124. The van der Waals surface area contributed by atoms with Crippen molar-refractivity contribution in [2.24, 2.45) is 5.16 Å². The number of ether oxygens (including phenoxy) is 1. The largest absolute Gasteiger partial charge is 0.431 e. The molecule has 0 aliphatic carbocycles. The van der Waals surface area contributed by atoms with Gasteiger partial charge in [0.2, 0.25) is 6.10 Å². The van der Waals surface area contributed by atoms with Crippen LogP contribution in [0.15, 0.2) is 84.0 Å². The molecule has 180 valence electrons. The lowest BCUT2D eigenvalue weighted by atomic mass is 10.1. The number of rotatable bonds is 7. The number of halogens is 1. The summed E-state index contributed by atoms with van der Waals surface area (Å²) in [5.74, 6) is 0.395. The van der Waals surface area contributed by atoms with E-state index in [4.69, 9.17) is 21.2 Å². The van der Waals surface area contributed by atoms with Gasteiger partial charge in [0.15, 0.2) is 0 Å². The van der Waals surface area contributed by atoms with E-state index in [0.717, 1.165) is 30.9 Å². The second kappa shape index (κ2) is 11.4. The fourth-order valence-corrected chi connectivity index (χ4v) is 3.88.